The van der Waals surface area contributed by atoms with Gasteiger partial charge in [-0.15, -0.1) is 0 Å². The Morgan fingerprint density at radius 3 is 2.72 bits per heavy atom. The van der Waals surface area contributed by atoms with Crippen molar-refractivity contribution in [2.24, 2.45) is 0 Å². The van der Waals surface area contributed by atoms with Gasteiger partial charge in [-0.2, -0.15) is 0 Å². The van der Waals surface area contributed by atoms with Gasteiger partial charge in [-0.3, -0.25) is 9.97 Å². The molecule has 1 N–H and O–H groups in total. The van der Waals surface area contributed by atoms with Crippen molar-refractivity contribution in [3.05, 3.63) is 47.9 Å². The van der Waals surface area contributed by atoms with E-state index in [4.69, 9.17) is 5.11 Å². The first-order valence-corrected chi connectivity index (χ1v) is 5.90. The zero-order valence-electron chi connectivity index (χ0n) is 9.71. The lowest BCUT2D eigenvalue weighted by Crippen LogP contribution is -2.04. The number of nitrogens with zero attached hydrogens (tertiary/aromatic N) is 2. The maximum Gasteiger partial charge on any atom is 0.337 e. The van der Waals surface area contributed by atoms with E-state index in [2.05, 4.69) is 9.97 Å². The molecule has 0 aliphatic heterocycles. The van der Waals surface area contributed by atoms with Gasteiger partial charge in [-0.05, 0) is 37.1 Å². The molecule has 90 valence electrons. The van der Waals surface area contributed by atoms with Crippen LogP contribution in [0.5, 0.6) is 0 Å². The molecule has 0 bridgehead atoms. The van der Waals surface area contributed by atoms with Crippen LogP contribution in [-0.2, 0) is 0 Å². The Balaban J connectivity index is 2.08. The van der Waals surface area contributed by atoms with Crippen LogP contribution in [0.3, 0.4) is 0 Å². The van der Waals surface area contributed by atoms with E-state index in [1.807, 2.05) is 12.1 Å². The first kappa shape index (κ1) is 10.9. The van der Waals surface area contributed by atoms with Crippen molar-refractivity contribution in [1.29, 1.82) is 0 Å². The fraction of sp³-hybridized carbons (Fsp3) is 0.214. The smallest absolute Gasteiger partial charge is 0.337 e. The molecule has 1 aliphatic rings. The molecule has 4 heteroatoms. The van der Waals surface area contributed by atoms with Crippen LogP contribution in [0.2, 0.25) is 0 Å². The molecular weight excluding hydrogens is 228 g/mol. The molecule has 0 amide bonds. The summed E-state index contributed by atoms with van der Waals surface area (Å²) < 4.78 is 0. The molecule has 4 nitrogen and oxygen atoms in total. The Bertz CT molecular complexity index is 592. The molecule has 2 aromatic rings. The van der Waals surface area contributed by atoms with Gasteiger partial charge in [-0.25, -0.2) is 4.79 Å². The van der Waals surface area contributed by atoms with Crippen LogP contribution in [0.15, 0.2) is 36.7 Å². The van der Waals surface area contributed by atoms with Crippen molar-refractivity contribution >= 4 is 5.97 Å². The van der Waals surface area contributed by atoms with Gasteiger partial charge in [-0.1, -0.05) is 0 Å². The number of carboxylic acids is 1. The Morgan fingerprint density at radius 1 is 1.28 bits per heavy atom. The van der Waals surface area contributed by atoms with Crippen molar-refractivity contribution in [1.82, 2.24) is 9.97 Å². The van der Waals surface area contributed by atoms with Crippen molar-refractivity contribution in [2.75, 3.05) is 0 Å². The van der Waals surface area contributed by atoms with Crippen LogP contribution in [0, 0.1) is 0 Å². The predicted octanol–water partition coefficient (Wildman–Crippen LogP) is 2.72. The minimum Gasteiger partial charge on any atom is -0.478 e. The van der Waals surface area contributed by atoms with Gasteiger partial charge in [0.1, 0.15) is 0 Å². The summed E-state index contributed by atoms with van der Waals surface area (Å²) in [6, 6.07) is 7.16. The fourth-order valence-electron chi connectivity index (χ4n) is 2.00. The molecule has 1 fully saturated rings. The fourth-order valence-corrected chi connectivity index (χ4v) is 2.00. The summed E-state index contributed by atoms with van der Waals surface area (Å²) in [7, 11) is 0. The SMILES string of the molecule is O=C(O)c1ccc(-c2cccnc2)nc1C1CC1. The van der Waals surface area contributed by atoms with Gasteiger partial charge in [0.05, 0.1) is 17.0 Å². The molecule has 1 aliphatic carbocycles. The second-order valence-electron chi connectivity index (χ2n) is 4.45. The lowest BCUT2D eigenvalue weighted by atomic mass is 10.1. The van der Waals surface area contributed by atoms with E-state index in [0.29, 0.717) is 17.2 Å². The van der Waals surface area contributed by atoms with Crippen LogP contribution < -0.4 is 0 Å². The van der Waals surface area contributed by atoms with Gasteiger partial charge in [0, 0.05) is 23.9 Å². The van der Waals surface area contributed by atoms with E-state index >= 15 is 0 Å². The number of aromatic carboxylic acids is 1. The molecule has 2 aromatic heterocycles. The Morgan fingerprint density at radius 2 is 2.11 bits per heavy atom. The molecule has 3 rings (SSSR count). The van der Waals surface area contributed by atoms with Gasteiger partial charge < -0.3 is 5.11 Å². The highest BCUT2D eigenvalue weighted by molar-refractivity contribution is 5.89. The van der Waals surface area contributed by atoms with Crippen molar-refractivity contribution in [3.63, 3.8) is 0 Å². The van der Waals surface area contributed by atoms with Gasteiger partial charge in [0.2, 0.25) is 0 Å². The Labute approximate surface area is 104 Å². The Kier molecular flexibility index (Phi) is 2.55. The van der Waals surface area contributed by atoms with E-state index in [1.54, 1.807) is 24.5 Å². The summed E-state index contributed by atoms with van der Waals surface area (Å²) >= 11 is 0. The van der Waals surface area contributed by atoms with E-state index in [0.717, 1.165) is 24.1 Å². The third-order valence-electron chi connectivity index (χ3n) is 3.08. The predicted molar refractivity (Wildman–Crippen MR) is 66.4 cm³/mol. The number of rotatable bonds is 3. The van der Waals surface area contributed by atoms with Crippen molar-refractivity contribution in [3.8, 4) is 11.3 Å². The quantitative estimate of drug-likeness (QED) is 0.895. The third-order valence-corrected chi connectivity index (χ3v) is 3.08. The zero-order chi connectivity index (χ0) is 12.5. The van der Waals surface area contributed by atoms with Crippen molar-refractivity contribution in [2.45, 2.75) is 18.8 Å². The second kappa shape index (κ2) is 4.22. The lowest BCUT2D eigenvalue weighted by Gasteiger charge is -2.07. The van der Waals surface area contributed by atoms with Gasteiger partial charge in [0.15, 0.2) is 0 Å². The maximum absolute atomic E-state index is 11.1. The van der Waals surface area contributed by atoms with Crippen LogP contribution in [0.4, 0.5) is 0 Å². The van der Waals surface area contributed by atoms with E-state index in [-0.39, 0.29) is 0 Å². The zero-order valence-corrected chi connectivity index (χ0v) is 9.71. The molecule has 0 unspecified atom stereocenters. The highest BCUT2D eigenvalue weighted by Crippen LogP contribution is 2.41. The average Bonchev–Trinajstić information content (AvgIpc) is 3.23. The standard InChI is InChI=1S/C14H12N2O2/c17-14(18)11-5-6-12(10-2-1-7-15-8-10)16-13(11)9-3-4-9/h1-2,5-9H,3-4H2,(H,17,18). The molecular formula is C14H12N2O2. The van der Waals surface area contributed by atoms with E-state index in [9.17, 15) is 4.79 Å². The van der Waals surface area contributed by atoms with Crippen LogP contribution in [0.25, 0.3) is 11.3 Å². The molecule has 0 atom stereocenters. The summed E-state index contributed by atoms with van der Waals surface area (Å²) in [5, 5.41) is 9.15. The molecule has 1 saturated carbocycles. The topological polar surface area (TPSA) is 63.1 Å². The molecule has 0 saturated heterocycles. The van der Waals surface area contributed by atoms with Gasteiger partial charge in [0.25, 0.3) is 0 Å². The van der Waals surface area contributed by atoms with E-state index in [1.165, 1.54) is 0 Å². The monoisotopic (exact) mass is 240 g/mol. The number of carbonyl (C=O) groups is 1. The minimum atomic E-state index is -0.901. The maximum atomic E-state index is 11.1. The molecule has 0 aromatic carbocycles. The largest absolute Gasteiger partial charge is 0.478 e. The molecule has 18 heavy (non-hydrogen) atoms. The third kappa shape index (κ3) is 1.97. The van der Waals surface area contributed by atoms with Crippen molar-refractivity contribution < 1.29 is 9.90 Å². The highest BCUT2D eigenvalue weighted by Gasteiger charge is 2.29. The molecule has 0 spiro atoms. The summed E-state index contributed by atoms with van der Waals surface area (Å²) in [6.07, 6.45) is 5.50. The summed E-state index contributed by atoms with van der Waals surface area (Å²) in [5.41, 5.74) is 2.74. The first-order valence-electron chi connectivity index (χ1n) is 5.90. The second-order valence-corrected chi connectivity index (χ2v) is 4.45. The number of hydrogen-bond acceptors (Lipinski definition) is 3. The number of hydrogen-bond donors (Lipinski definition) is 1. The number of pyridine rings is 2. The Hall–Kier alpha value is -2.23. The normalized spacial score (nSPS) is 14.4. The lowest BCUT2D eigenvalue weighted by molar-refractivity contribution is 0.0695. The van der Waals surface area contributed by atoms with Crippen LogP contribution in [0.1, 0.15) is 34.8 Å². The number of carboxylic acid groups (broad SMARTS) is 1. The molecule has 0 radical (unpaired) electrons. The van der Waals surface area contributed by atoms with Crippen LogP contribution >= 0.6 is 0 Å². The molecule has 2 heterocycles. The van der Waals surface area contributed by atoms with E-state index < -0.39 is 5.97 Å². The first-order chi connectivity index (χ1) is 8.75. The summed E-state index contributed by atoms with van der Waals surface area (Å²) in [6.45, 7) is 0. The highest BCUT2D eigenvalue weighted by atomic mass is 16.4. The number of aromatic nitrogens is 2. The average molecular weight is 240 g/mol. The summed E-state index contributed by atoms with van der Waals surface area (Å²) in [4.78, 5) is 19.7. The minimum absolute atomic E-state index is 0.313. The van der Waals surface area contributed by atoms with Crippen LogP contribution in [-0.4, -0.2) is 21.0 Å². The summed E-state index contributed by atoms with van der Waals surface area (Å²) in [5.74, 6) is -0.588. The van der Waals surface area contributed by atoms with Gasteiger partial charge >= 0.3 is 5.97 Å².